The first kappa shape index (κ1) is 22.7. The molecule has 0 saturated heterocycles. The number of hydrogen-bond acceptors (Lipinski definition) is 4. The van der Waals surface area contributed by atoms with Gasteiger partial charge in [0.15, 0.2) is 0 Å². The lowest BCUT2D eigenvalue weighted by molar-refractivity contribution is -0.114. The number of para-hydroxylation sites is 1. The van der Waals surface area contributed by atoms with E-state index in [-0.39, 0.29) is 4.90 Å². The molecule has 0 fully saturated rings. The molecular weight excluding hydrogens is 436 g/mol. The summed E-state index contributed by atoms with van der Waals surface area (Å²) in [5.41, 5.74) is 2.45. The number of carbonyl (C=O) groups is 1. The van der Waals surface area contributed by atoms with Crippen LogP contribution >= 0.6 is 11.6 Å². The highest BCUT2D eigenvalue weighted by atomic mass is 35.5. The summed E-state index contributed by atoms with van der Waals surface area (Å²) in [4.78, 5) is 13.0. The highest BCUT2D eigenvalue weighted by Gasteiger charge is 2.28. The monoisotopic (exact) mass is 458 g/mol. The van der Waals surface area contributed by atoms with Crippen molar-refractivity contribution in [2.75, 3.05) is 23.3 Å². The zero-order valence-electron chi connectivity index (χ0n) is 17.4. The molecule has 0 aliphatic heterocycles. The lowest BCUT2D eigenvalue weighted by atomic mass is 10.2. The number of nitrogens with zero attached hydrogens (tertiary/aromatic N) is 1. The van der Waals surface area contributed by atoms with Gasteiger partial charge in [-0.3, -0.25) is 9.10 Å². The van der Waals surface area contributed by atoms with E-state index in [1.807, 2.05) is 13.0 Å². The molecule has 0 aromatic heterocycles. The molecule has 0 saturated carbocycles. The molecule has 0 aliphatic carbocycles. The first-order chi connectivity index (χ1) is 14.7. The lowest BCUT2D eigenvalue weighted by Gasteiger charge is -2.25. The average molecular weight is 459 g/mol. The first-order valence-corrected chi connectivity index (χ1v) is 11.3. The summed E-state index contributed by atoms with van der Waals surface area (Å²) < 4.78 is 33.3. The van der Waals surface area contributed by atoms with E-state index in [0.29, 0.717) is 22.1 Å². The van der Waals surface area contributed by atoms with E-state index < -0.39 is 22.5 Å². The fraction of sp³-hybridized carbons (Fsp3) is 0.174. The van der Waals surface area contributed by atoms with Crippen molar-refractivity contribution < 1.29 is 17.9 Å². The minimum absolute atomic E-state index is 0.106. The van der Waals surface area contributed by atoms with E-state index in [9.17, 15) is 13.2 Å². The molecule has 1 amide bonds. The van der Waals surface area contributed by atoms with Gasteiger partial charge in [-0.2, -0.15) is 0 Å². The summed E-state index contributed by atoms with van der Waals surface area (Å²) in [6.07, 6.45) is 0. The molecule has 0 radical (unpaired) electrons. The van der Waals surface area contributed by atoms with Gasteiger partial charge in [-0.05, 0) is 55.8 Å². The second kappa shape index (κ2) is 9.41. The SMILES string of the molecule is COc1ccc(Cl)cc1NC(=O)CN(c1ccccc1C)S(=O)(=O)c1ccc(C)cc1. The van der Waals surface area contributed by atoms with Crippen LogP contribution in [0.25, 0.3) is 0 Å². The lowest BCUT2D eigenvalue weighted by Crippen LogP contribution is -2.38. The summed E-state index contributed by atoms with van der Waals surface area (Å²) in [6.45, 7) is 3.25. The summed E-state index contributed by atoms with van der Waals surface area (Å²) >= 11 is 6.03. The average Bonchev–Trinajstić information content (AvgIpc) is 2.73. The van der Waals surface area contributed by atoms with Crippen LogP contribution in [0.2, 0.25) is 5.02 Å². The van der Waals surface area contributed by atoms with Crippen molar-refractivity contribution >= 4 is 38.9 Å². The van der Waals surface area contributed by atoms with Crippen molar-refractivity contribution in [1.29, 1.82) is 0 Å². The minimum atomic E-state index is -3.99. The maximum atomic E-state index is 13.5. The Hall–Kier alpha value is -3.03. The third-order valence-electron chi connectivity index (χ3n) is 4.72. The third-order valence-corrected chi connectivity index (χ3v) is 6.73. The fourth-order valence-electron chi connectivity index (χ4n) is 3.08. The van der Waals surface area contributed by atoms with Crippen LogP contribution in [0.4, 0.5) is 11.4 Å². The predicted octanol–water partition coefficient (Wildman–Crippen LogP) is 4.80. The van der Waals surface area contributed by atoms with Crippen LogP contribution in [0, 0.1) is 13.8 Å². The number of carbonyl (C=O) groups excluding carboxylic acids is 1. The Kier molecular flexibility index (Phi) is 6.87. The standard InChI is InChI=1S/C23H23ClN2O4S/c1-16-8-11-19(12-9-16)31(28,29)26(21-7-5-4-6-17(21)2)15-23(27)25-20-14-18(24)10-13-22(20)30-3/h4-14H,15H2,1-3H3,(H,25,27). The van der Waals surface area contributed by atoms with Gasteiger partial charge in [0, 0.05) is 5.02 Å². The Morgan fingerprint density at radius 3 is 2.35 bits per heavy atom. The zero-order chi connectivity index (χ0) is 22.6. The summed E-state index contributed by atoms with van der Waals surface area (Å²) in [5, 5.41) is 3.12. The van der Waals surface area contributed by atoms with E-state index in [2.05, 4.69) is 5.32 Å². The Morgan fingerprint density at radius 1 is 1.03 bits per heavy atom. The molecule has 3 aromatic carbocycles. The molecule has 3 rings (SSSR count). The molecule has 0 spiro atoms. The van der Waals surface area contributed by atoms with Crippen molar-refractivity contribution in [2.45, 2.75) is 18.7 Å². The van der Waals surface area contributed by atoms with Gasteiger partial charge in [0.2, 0.25) is 5.91 Å². The highest BCUT2D eigenvalue weighted by molar-refractivity contribution is 7.92. The maximum absolute atomic E-state index is 13.5. The Balaban J connectivity index is 1.98. The fourth-order valence-corrected chi connectivity index (χ4v) is 4.74. The van der Waals surface area contributed by atoms with Gasteiger partial charge in [-0.1, -0.05) is 47.5 Å². The van der Waals surface area contributed by atoms with Crippen LogP contribution in [0.1, 0.15) is 11.1 Å². The number of aryl methyl sites for hydroxylation is 2. The van der Waals surface area contributed by atoms with Gasteiger partial charge in [0.25, 0.3) is 10.0 Å². The number of anilines is 2. The number of ether oxygens (including phenoxy) is 1. The number of halogens is 1. The summed E-state index contributed by atoms with van der Waals surface area (Å²) in [7, 11) is -2.52. The van der Waals surface area contributed by atoms with E-state index in [1.54, 1.807) is 55.5 Å². The van der Waals surface area contributed by atoms with Gasteiger partial charge in [-0.25, -0.2) is 8.42 Å². The van der Waals surface area contributed by atoms with Gasteiger partial charge >= 0.3 is 0 Å². The second-order valence-corrected chi connectivity index (χ2v) is 9.30. The molecule has 0 aliphatic rings. The Bertz CT molecular complexity index is 1190. The van der Waals surface area contributed by atoms with Crippen molar-refractivity contribution in [2.24, 2.45) is 0 Å². The number of sulfonamides is 1. The van der Waals surface area contributed by atoms with E-state index in [4.69, 9.17) is 16.3 Å². The number of rotatable bonds is 7. The molecule has 0 unspecified atom stereocenters. The molecule has 3 aromatic rings. The van der Waals surface area contributed by atoms with Crippen molar-refractivity contribution in [3.05, 3.63) is 82.9 Å². The first-order valence-electron chi connectivity index (χ1n) is 9.51. The van der Waals surface area contributed by atoms with Crippen molar-refractivity contribution in [3.63, 3.8) is 0 Å². The molecule has 31 heavy (non-hydrogen) atoms. The van der Waals surface area contributed by atoms with E-state index >= 15 is 0 Å². The van der Waals surface area contributed by atoms with Crippen LogP contribution in [0.5, 0.6) is 5.75 Å². The second-order valence-electron chi connectivity index (χ2n) is 7.00. The molecule has 0 heterocycles. The molecule has 162 valence electrons. The topological polar surface area (TPSA) is 75.7 Å². The number of hydrogen-bond donors (Lipinski definition) is 1. The number of benzene rings is 3. The summed E-state index contributed by atoms with van der Waals surface area (Å²) in [6, 6.07) is 18.3. The van der Waals surface area contributed by atoms with Crippen LogP contribution in [0.15, 0.2) is 71.6 Å². The van der Waals surface area contributed by atoms with Crippen LogP contribution < -0.4 is 14.4 Å². The number of amides is 1. The van der Waals surface area contributed by atoms with Crippen LogP contribution in [-0.2, 0) is 14.8 Å². The van der Waals surface area contributed by atoms with E-state index in [1.165, 1.54) is 19.2 Å². The largest absolute Gasteiger partial charge is 0.495 e. The zero-order valence-corrected chi connectivity index (χ0v) is 19.0. The van der Waals surface area contributed by atoms with Gasteiger partial charge in [0.05, 0.1) is 23.4 Å². The number of nitrogens with one attached hydrogen (secondary N) is 1. The molecule has 0 bridgehead atoms. The Morgan fingerprint density at radius 2 is 1.71 bits per heavy atom. The van der Waals surface area contributed by atoms with Gasteiger partial charge in [0.1, 0.15) is 12.3 Å². The molecule has 6 nitrogen and oxygen atoms in total. The number of methoxy groups -OCH3 is 1. The van der Waals surface area contributed by atoms with Crippen molar-refractivity contribution in [1.82, 2.24) is 0 Å². The minimum Gasteiger partial charge on any atom is -0.495 e. The molecular formula is C23H23ClN2O4S. The van der Waals surface area contributed by atoms with Crippen LogP contribution in [0.3, 0.4) is 0 Å². The van der Waals surface area contributed by atoms with Crippen LogP contribution in [-0.4, -0.2) is 28.0 Å². The van der Waals surface area contributed by atoms with Crippen molar-refractivity contribution in [3.8, 4) is 5.75 Å². The van der Waals surface area contributed by atoms with Gasteiger partial charge in [-0.15, -0.1) is 0 Å². The Labute approximate surface area is 187 Å². The van der Waals surface area contributed by atoms with Gasteiger partial charge < -0.3 is 10.1 Å². The maximum Gasteiger partial charge on any atom is 0.264 e. The normalized spacial score (nSPS) is 11.1. The third kappa shape index (κ3) is 5.18. The molecule has 1 N–H and O–H groups in total. The predicted molar refractivity (Wildman–Crippen MR) is 124 cm³/mol. The smallest absolute Gasteiger partial charge is 0.264 e. The quantitative estimate of drug-likeness (QED) is 0.551. The highest BCUT2D eigenvalue weighted by Crippen LogP contribution is 2.29. The summed E-state index contributed by atoms with van der Waals surface area (Å²) in [5.74, 6) is -0.110. The molecule has 0 atom stereocenters. The van der Waals surface area contributed by atoms with E-state index in [0.717, 1.165) is 15.4 Å². The molecule has 8 heteroatoms.